The molecular weight excluding hydrogens is 1710 g/mol. The summed E-state index contributed by atoms with van der Waals surface area (Å²) in [4.78, 5) is 129. The van der Waals surface area contributed by atoms with Crippen molar-refractivity contribution in [3.63, 3.8) is 0 Å². The van der Waals surface area contributed by atoms with E-state index in [4.69, 9.17) is 4.74 Å². The minimum absolute atomic E-state index is 0. The molecule has 8 amide bonds. The summed E-state index contributed by atoms with van der Waals surface area (Å²) in [7, 11) is 4.91. The van der Waals surface area contributed by atoms with E-state index >= 15 is 0 Å². The van der Waals surface area contributed by atoms with E-state index in [0.717, 1.165) is 221 Å². The van der Waals surface area contributed by atoms with Gasteiger partial charge in [0.15, 0.2) is 11.6 Å². The summed E-state index contributed by atoms with van der Waals surface area (Å²) in [5, 5.41) is 49.9. The average molecular weight is 1920 g/mol. The zero-order chi connectivity index (χ0) is 103. The fourth-order valence-corrected chi connectivity index (χ4v) is 19.1. The molecule has 23 heteroatoms. The van der Waals surface area contributed by atoms with Crippen LogP contribution in [0, 0.1) is 106 Å². The van der Waals surface area contributed by atoms with Crippen LogP contribution >= 0.6 is 0 Å². The summed E-state index contributed by atoms with van der Waals surface area (Å²) in [6.07, 6.45) is 44.8. The fourth-order valence-electron chi connectivity index (χ4n) is 19.1. The van der Waals surface area contributed by atoms with Gasteiger partial charge in [-0.2, -0.15) is 0 Å². The van der Waals surface area contributed by atoms with Gasteiger partial charge in [-0.3, -0.25) is 47.9 Å². The van der Waals surface area contributed by atoms with E-state index in [-0.39, 0.29) is 102 Å². The lowest BCUT2D eigenvalue weighted by Gasteiger charge is -2.34. The molecule has 796 valence electrons. The van der Waals surface area contributed by atoms with E-state index in [1.807, 2.05) is 41.5 Å². The van der Waals surface area contributed by atoms with Crippen molar-refractivity contribution in [2.75, 3.05) is 40.8 Å². The minimum atomic E-state index is -1.10. The molecule has 10 rings (SSSR count). The molecule has 10 fully saturated rings. The van der Waals surface area contributed by atoms with Gasteiger partial charge in [0.25, 0.3) is 11.8 Å². The van der Waals surface area contributed by atoms with Gasteiger partial charge in [0, 0.05) is 99.7 Å². The van der Waals surface area contributed by atoms with E-state index in [1.165, 1.54) is 88.9 Å². The number of Topliss-reactive ketones (excluding diaryl/α,β-unsaturated/α-hetero) is 3. The van der Waals surface area contributed by atoms with Crippen molar-refractivity contribution in [3.8, 4) is 0 Å². The highest BCUT2D eigenvalue weighted by atomic mass is 16.6. The number of ether oxygens (including phenoxy) is 1. The highest BCUT2D eigenvalue weighted by molar-refractivity contribution is 5.87. The molecule has 0 radical (unpaired) electrons. The van der Waals surface area contributed by atoms with Crippen LogP contribution in [0.4, 0.5) is 4.79 Å². The second kappa shape index (κ2) is 67.1. The van der Waals surface area contributed by atoms with Crippen LogP contribution in [0.3, 0.4) is 0 Å². The van der Waals surface area contributed by atoms with Gasteiger partial charge >= 0.3 is 6.09 Å². The maximum absolute atomic E-state index is 12.1. The number of likely N-dealkylation sites (N-methyl/N-ethyl adjacent to an activating group) is 2. The molecule has 0 aromatic rings. The molecule has 0 unspecified atom stereocenters. The standard InChI is InChI=1S/C15H27NO3.2C13H25NO.C12H23NO.C11H21NO2.C11H21NO.C10H18O.C9H17NO2.C9H17NO.C9H16O2.CH4/c1-11-6-8-12(9-7-11)13(17)10-16(5)14(18)19-15(2,3)4;1-10-5-7-11(8-6-10)12(15)14-9-13(2,3)4;1-5-13(3,4)14-12(15)11-8-6-10(2)7-9-11;1-4-10(3)13-12(14)11-7-5-9(2)6-8-11;1-8(2)12-10(13)11(14)6-4-9(3)5-7-11;1-3-8-12-11(13)10-6-4-9(2)5-7-10;1-3-10(11)9-6-4-8(2)5-7-9;1-7-3-5-9(12,6-4-7)8(11)10-2;1-7-3-5-8(6-4-7)9(11)10-2;1-7-3-5-9(11,6-4-7)8(2)10;/h11-12H,6-10H2,1-5H3;2*10-11H,5-9H2,1-4H3,(H,14,15);9-11H,4-8H2,1-3H3,(H,13,14);8-9,14H,4-7H2,1-3H3,(H,12,13);9-10H,3-8H2,1-2H3,(H,12,13);8-9H,3-7H2,1-2H3;7,12H,3-6H2,1-2H3,(H,10,11);7-8H,3-6H2,1-2H3,(H,10,11);7,11H,3-6H2,1-2H3;1H4/t;;;9?,10-,11?;;;;;;;/m...1......./s1. The molecule has 0 aliphatic heterocycles. The largest absolute Gasteiger partial charge is 0.444 e. The van der Waals surface area contributed by atoms with Crippen LogP contribution in [-0.2, 0) is 52.7 Å². The molecule has 10 aliphatic rings. The van der Waals surface area contributed by atoms with Crippen molar-refractivity contribution in [2.24, 2.45) is 106 Å². The summed E-state index contributed by atoms with van der Waals surface area (Å²) in [6, 6.07) is 0.438. The first-order valence-electron chi connectivity index (χ1n) is 54.5. The predicted molar refractivity (Wildman–Crippen MR) is 560 cm³/mol. The molecule has 1 atom stereocenters. The molecule has 0 heterocycles. The number of hydrogen-bond donors (Lipinski definition) is 10. The zero-order valence-electron chi connectivity index (χ0n) is 91.9. The number of nitrogens with zero attached hydrogens (tertiary/aromatic N) is 1. The molecule has 23 nitrogen and oxygen atoms in total. The Bertz CT molecular complexity index is 3290. The van der Waals surface area contributed by atoms with E-state index < -0.39 is 28.5 Å². The van der Waals surface area contributed by atoms with E-state index in [0.29, 0.717) is 91.8 Å². The Morgan fingerprint density at radius 1 is 0.375 bits per heavy atom. The first-order chi connectivity index (χ1) is 62.9. The Kier molecular flexibility index (Phi) is 64.3. The van der Waals surface area contributed by atoms with Crippen molar-refractivity contribution < 1.29 is 72.8 Å². The molecule has 10 aliphatic carbocycles. The first kappa shape index (κ1) is 130. The van der Waals surface area contributed by atoms with Gasteiger partial charge in [-0.05, 0) is 377 Å². The van der Waals surface area contributed by atoms with Gasteiger partial charge in [-0.1, -0.05) is 151 Å². The predicted octanol–water partition coefficient (Wildman–Crippen LogP) is 23.0. The van der Waals surface area contributed by atoms with Crippen molar-refractivity contribution in [1.82, 2.24) is 42.1 Å². The SMILES string of the molecule is C.CC(=O)C1(O)CCC(C)CC1.CC1CCC(C(=O)CN(C)C(=O)OC(C)(C)C)CC1.CC1CCC(C(=O)NCC(C)(C)C)CC1.CC1CCC(O)(C(=O)NC(C)C)CC1.CCC(=O)C1CCC(C)CC1.CCC(C)(C)NC(=O)C1CCC(C)CC1.CCCNC(=O)C1CCC(C)CC1.CC[C@@H](C)NC(=O)C1CCC(C)CC1.CNC(=O)C1(O)CCC(C)CC1.CNC(=O)C1CCC(C)CC1. The summed E-state index contributed by atoms with van der Waals surface area (Å²) < 4.78 is 5.24. The first-order valence-corrected chi connectivity index (χ1v) is 54.5. The van der Waals surface area contributed by atoms with Crippen LogP contribution in [-0.4, -0.2) is 166 Å². The lowest BCUT2D eigenvalue weighted by atomic mass is 9.78. The number of aliphatic hydroxyl groups is 3. The van der Waals surface area contributed by atoms with Crippen LogP contribution in [0.5, 0.6) is 0 Å². The Morgan fingerprint density at radius 3 is 0.956 bits per heavy atom. The molecule has 0 bridgehead atoms. The van der Waals surface area contributed by atoms with E-state index in [2.05, 4.69) is 169 Å². The third kappa shape index (κ3) is 55.8. The van der Waals surface area contributed by atoms with Crippen LogP contribution in [0.2, 0.25) is 0 Å². The smallest absolute Gasteiger partial charge is 0.410 e. The number of rotatable bonds is 21. The lowest BCUT2D eigenvalue weighted by molar-refractivity contribution is -0.144. The number of carbonyl (C=O) groups excluding carboxylic acids is 11. The number of ketones is 3. The molecule has 0 aromatic carbocycles. The Balaban J connectivity index is 0.00000149. The average Bonchev–Trinajstić information content (AvgIpc) is 0.839. The van der Waals surface area contributed by atoms with Crippen LogP contribution in [0.25, 0.3) is 0 Å². The number of amides is 8. The molecule has 0 aromatic heterocycles. The van der Waals surface area contributed by atoms with E-state index in [1.54, 1.807) is 21.1 Å². The maximum atomic E-state index is 12.1. The molecule has 10 N–H and O–H groups in total. The summed E-state index contributed by atoms with van der Waals surface area (Å²) in [5.41, 5.74) is -3.53. The summed E-state index contributed by atoms with van der Waals surface area (Å²) in [6.45, 7) is 55.9. The van der Waals surface area contributed by atoms with Crippen molar-refractivity contribution in [1.29, 1.82) is 0 Å². The minimum Gasteiger partial charge on any atom is -0.444 e. The summed E-state index contributed by atoms with van der Waals surface area (Å²) >= 11 is 0. The van der Waals surface area contributed by atoms with Crippen LogP contribution < -0.4 is 37.2 Å². The third-order valence-electron chi connectivity index (χ3n) is 30.7. The molecule has 136 heavy (non-hydrogen) atoms. The maximum Gasteiger partial charge on any atom is 0.410 e. The monoisotopic (exact) mass is 1920 g/mol. The van der Waals surface area contributed by atoms with E-state index in [9.17, 15) is 68.1 Å². The van der Waals surface area contributed by atoms with Gasteiger partial charge < -0.3 is 62.2 Å². The fraction of sp³-hybridized carbons (Fsp3) is 0.903. The Morgan fingerprint density at radius 2 is 0.669 bits per heavy atom. The van der Waals surface area contributed by atoms with Crippen molar-refractivity contribution in [2.45, 2.75) is 510 Å². The Hall–Kier alpha value is -5.55. The van der Waals surface area contributed by atoms with Crippen LogP contribution in [0.1, 0.15) is 470 Å². The van der Waals surface area contributed by atoms with Crippen molar-refractivity contribution in [3.05, 3.63) is 0 Å². The van der Waals surface area contributed by atoms with Crippen LogP contribution in [0.15, 0.2) is 0 Å². The number of nitrogens with one attached hydrogen (secondary N) is 7. The highest BCUT2D eigenvalue weighted by Gasteiger charge is 2.42. The van der Waals surface area contributed by atoms with Gasteiger partial charge in [-0.15, -0.1) is 0 Å². The zero-order valence-corrected chi connectivity index (χ0v) is 91.9. The summed E-state index contributed by atoms with van der Waals surface area (Å²) in [5.74, 6) is 11.2. The third-order valence-corrected chi connectivity index (χ3v) is 30.7. The van der Waals surface area contributed by atoms with Gasteiger partial charge in [0.2, 0.25) is 29.5 Å². The van der Waals surface area contributed by atoms with Crippen molar-refractivity contribution >= 4 is 64.8 Å². The Labute approximate surface area is 831 Å². The van der Waals surface area contributed by atoms with Gasteiger partial charge in [0.1, 0.15) is 28.2 Å². The normalized spacial score (nSPS) is 30.0. The molecule has 0 spiro atoms. The molecular formula is C113H214N8O15. The topological polar surface area (TPSA) is 345 Å². The second-order valence-electron chi connectivity index (χ2n) is 47.5. The quantitative estimate of drug-likeness (QED) is 0.0510. The van der Waals surface area contributed by atoms with Gasteiger partial charge in [-0.25, -0.2) is 4.79 Å². The molecule has 0 saturated heterocycles. The number of hydrogen-bond acceptors (Lipinski definition) is 15. The number of carbonyl (C=O) groups is 11. The lowest BCUT2D eigenvalue weighted by Crippen LogP contribution is -2.50. The van der Waals surface area contributed by atoms with Gasteiger partial charge in [0.05, 0.1) is 6.54 Å². The highest BCUT2D eigenvalue weighted by Crippen LogP contribution is 2.38. The molecule has 10 saturated carbocycles. The second-order valence-corrected chi connectivity index (χ2v) is 47.5.